The first kappa shape index (κ1) is 9.81. The van der Waals surface area contributed by atoms with E-state index in [1.807, 2.05) is 0 Å². The minimum atomic E-state index is 0.486. The highest BCUT2D eigenvalue weighted by Gasteiger charge is 2.26. The first-order valence-corrected chi connectivity index (χ1v) is 6.35. The molecule has 0 bridgehead atoms. The monoisotopic (exact) mass is 201 g/mol. The van der Waals surface area contributed by atoms with Crippen molar-refractivity contribution in [3.63, 3.8) is 0 Å². The van der Waals surface area contributed by atoms with Gasteiger partial charge in [0.2, 0.25) is 0 Å². The summed E-state index contributed by atoms with van der Waals surface area (Å²) < 4.78 is 5.54. The molecule has 0 saturated carbocycles. The third-order valence-electron chi connectivity index (χ3n) is 3.02. The molecule has 2 heterocycles. The summed E-state index contributed by atoms with van der Waals surface area (Å²) in [6.07, 6.45) is 3.11. The standard InChI is InChI=1S/C10H19NOS/c1-8-10(3-5-12-8)13-7-9-2-4-11-6-9/h8-11H,2-7H2,1H3. The molecule has 1 N–H and O–H groups in total. The molecule has 2 aliphatic heterocycles. The fraction of sp³-hybridized carbons (Fsp3) is 1.00. The second-order valence-corrected chi connectivity index (χ2v) is 5.37. The summed E-state index contributed by atoms with van der Waals surface area (Å²) in [6, 6.07) is 0. The summed E-state index contributed by atoms with van der Waals surface area (Å²) in [7, 11) is 0. The zero-order chi connectivity index (χ0) is 9.10. The number of hydrogen-bond acceptors (Lipinski definition) is 3. The Labute approximate surface area is 84.8 Å². The van der Waals surface area contributed by atoms with Crippen LogP contribution in [0.3, 0.4) is 0 Å². The van der Waals surface area contributed by atoms with Crippen LogP contribution in [0.2, 0.25) is 0 Å². The summed E-state index contributed by atoms with van der Waals surface area (Å²) >= 11 is 2.12. The Balaban J connectivity index is 1.66. The van der Waals surface area contributed by atoms with Gasteiger partial charge in [0, 0.05) is 11.9 Å². The second-order valence-electron chi connectivity index (χ2n) is 4.10. The number of ether oxygens (including phenoxy) is 1. The molecule has 2 saturated heterocycles. The lowest BCUT2D eigenvalue weighted by molar-refractivity contribution is 0.127. The number of hydrogen-bond donors (Lipinski definition) is 1. The number of thioether (sulfide) groups is 1. The second kappa shape index (κ2) is 4.67. The van der Waals surface area contributed by atoms with Crippen LogP contribution in [0.5, 0.6) is 0 Å². The van der Waals surface area contributed by atoms with Crippen molar-refractivity contribution < 1.29 is 4.74 Å². The van der Waals surface area contributed by atoms with Gasteiger partial charge >= 0.3 is 0 Å². The van der Waals surface area contributed by atoms with Crippen LogP contribution in [0.1, 0.15) is 19.8 Å². The van der Waals surface area contributed by atoms with Crippen molar-refractivity contribution in [3.05, 3.63) is 0 Å². The average Bonchev–Trinajstić information content (AvgIpc) is 2.72. The Morgan fingerprint density at radius 3 is 3.00 bits per heavy atom. The molecule has 2 nitrogen and oxygen atoms in total. The van der Waals surface area contributed by atoms with Crippen LogP contribution in [0.15, 0.2) is 0 Å². The Kier molecular flexibility index (Phi) is 3.52. The van der Waals surface area contributed by atoms with Gasteiger partial charge in [-0.2, -0.15) is 11.8 Å². The molecule has 2 aliphatic rings. The molecule has 13 heavy (non-hydrogen) atoms. The molecular weight excluding hydrogens is 182 g/mol. The van der Waals surface area contributed by atoms with Crippen LogP contribution in [0, 0.1) is 5.92 Å². The summed E-state index contributed by atoms with van der Waals surface area (Å²) in [5.74, 6) is 2.24. The van der Waals surface area contributed by atoms with Gasteiger partial charge in [0.1, 0.15) is 0 Å². The van der Waals surface area contributed by atoms with Crippen molar-refractivity contribution in [3.8, 4) is 0 Å². The van der Waals surface area contributed by atoms with Gasteiger partial charge in [0.25, 0.3) is 0 Å². The van der Waals surface area contributed by atoms with Crippen molar-refractivity contribution >= 4 is 11.8 Å². The number of rotatable bonds is 3. The normalized spacial score (nSPS) is 39.9. The van der Waals surface area contributed by atoms with E-state index in [-0.39, 0.29) is 0 Å². The zero-order valence-corrected chi connectivity index (χ0v) is 9.11. The van der Waals surface area contributed by atoms with Gasteiger partial charge in [-0.05, 0) is 44.5 Å². The van der Waals surface area contributed by atoms with Crippen LogP contribution in [0.4, 0.5) is 0 Å². The van der Waals surface area contributed by atoms with E-state index in [2.05, 4.69) is 24.0 Å². The molecule has 2 rings (SSSR count). The highest BCUT2D eigenvalue weighted by Crippen LogP contribution is 2.28. The highest BCUT2D eigenvalue weighted by molar-refractivity contribution is 7.99. The molecule has 2 fully saturated rings. The molecule has 0 aromatic heterocycles. The largest absolute Gasteiger partial charge is 0.377 e. The molecule has 3 unspecified atom stereocenters. The van der Waals surface area contributed by atoms with E-state index >= 15 is 0 Å². The maximum absolute atomic E-state index is 5.54. The maximum Gasteiger partial charge on any atom is 0.0666 e. The zero-order valence-electron chi connectivity index (χ0n) is 8.29. The molecule has 0 aromatic rings. The van der Waals surface area contributed by atoms with Gasteiger partial charge in [0.15, 0.2) is 0 Å². The molecule has 0 spiro atoms. The van der Waals surface area contributed by atoms with Crippen molar-refractivity contribution in [2.75, 3.05) is 25.4 Å². The van der Waals surface area contributed by atoms with E-state index in [0.717, 1.165) is 17.8 Å². The fourth-order valence-corrected chi connectivity index (χ4v) is 3.46. The summed E-state index contributed by atoms with van der Waals surface area (Å²) in [5.41, 5.74) is 0. The fourth-order valence-electron chi connectivity index (χ4n) is 2.05. The summed E-state index contributed by atoms with van der Waals surface area (Å²) in [5, 5.41) is 4.18. The van der Waals surface area contributed by atoms with E-state index in [0.29, 0.717) is 6.10 Å². The number of nitrogens with one attached hydrogen (secondary N) is 1. The van der Waals surface area contributed by atoms with Crippen molar-refractivity contribution in [1.29, 1.82) is 0 Å². The lowest BCUT2D eigenvalue weighted by Crippen LogP contribution is -2.17. The quantitative estimate of drug-likeness (QED) is 0.748. The minimum Gasteiger partial charge on any atom is -0.377 e. The van der Waals surface area contributed by atoms with Crippen LogP contribution in [-0.2, 0) is 4.74 Å². The minimum absolute atomic E-state index is 0.486. The molecule has 76 valence electrons. The Bertz CT molecular complexity index is 159. The van der Waals surface area contributed by atoms with Crippen LogP contribution in [-0.4, -0.2) is 36.8 Å². The van der Waals surface area contributed by atoms with Crippen molar-refractivity contribution in [2.45, 2.75) is 31.1 Å². The topological polar surface area (TPSA) is 21.3 Å². The Morgan fingerprint density at radius 2 is 2.38 bits per heavy atom. The third kappa shape index (κ3) is 2.61. The van der Waals surface area contributed by atoms with E-state index < -0.39 is 0 Å². The highest BCUT2D eigenvalue weighted by atomic mass is 32.2. The summed E-state index contributed by atoms with van der Waals surface area (Å²) in [4.78, 5) is 0. The van der Waals surface area contributed by atoms with Gasteiger partial charge in [-0.15, -0.1) is 0 Å². The molecule has 3 heteroatoms. The predicted octanol–water partition coefficient (Wildman–Crippen LogP) is 1.51. The van der Waals surface area contributed by atoms with Crippen molar-refractivity contribution in [1.82, 2.24) is 5.32 Å². The van der Waals surface area contributed by atoms with E-state index in [9.17, 15) is 0 Å². The maximum atomic E-state index is 5.54. The average molecular weight is 201 g/mol. The Morgan fingerprint density at radius 1 is 1.46 bits per heavy atom. The van der Waals surface area contributed by atoms with Crippen LogP contribution < -0.4 is 5.32 Å². The summed E-state index contributed by atoms with van der Waals surface area (Å²) in [6.45, 7) is 5.64. The molecule has 0 aromatic carbocycles. The van der Waals surface area contributed by atoms with Gasteiger partial charge in [0.05, 0.1) is 6.10 Å². The lowest BCUT2D eigenvalue weighted by Gasteiger charge is -2.15. The molecule has 0 radical (unpaired) electrons. The smallest absolute Gasteiger partial charge is 0.0666 e. The SMILES string of the molecule is CC1OCCC1SCC1CCNC1. The van der Waals surface area contributed by atoms with Gasteiger partial charge < -0.3 is 10.1 Å². The predicted molar refractivity (Wildman–Crippen MR) is 57.3 cm³/mol. The van der Waals surface area contributed by atoms with E-state index in [1.54, 1.807) is 0 Å². The van der Waals surface area contributed by atoms with Crippen molar-refractivity contribution in [2.24, 2.45) is 5.92 Å². The first-order valence-electron chi connectivity index (χ1n) is 5.30. The van der Waals surface area contributed by atoms with Gasteiger partial charge in [-0.3, -0.25) is 0 Å². The Hall–Kier alpha value is 0.270. The van der Waals surface area contributed by atoms with Gasteiger partial charge in [-0.25, -0.2) is 0 Å². The van der Waals surface area contributed by atoms with Crippen LogP contribution >= 0.6 is 11.8 Å². The molecular formula is C10H19NOS. The van der Waals surface area contributed by atoms with E-state index in [1.165, 1.54) is 31.7 Å². The van der Waals surface area contributed by atoms with E-state index in [4.69, 9.17) is 4.74 Å². The lowest BCUT2D eigenvalue weighted by atomic mass is 10.2. The van der Waals surface area contributed by atoms with Gasteiger partial charge in [-0.1, -0.05) is 0 Å². The third-order valence-corrected chi connectivity index (χ3v) is 4.73. The molecule has 0 amide bonds. The first-order chi connectivity index (χ1) is 6.36. The van der Waals surface area contributed by atoms with Crippen LogP contribution in [0.25, 0.3) is 0 Å². The molecule has 3 atom stereocenters. The molecule has 0 aliphatic carbocycles.